The van der Waals surface area contributed by atoms with E-state index < -0.39 is 0 Å². The van der Waals surface area contributed by atoms with Gasteiger partial charge in [-0.2, -0.15) is 0 Å². The largest absolute Gasteiger partial charge is 0.494 e. The van der Waals surface area contributed by atoms with Crippen molar-refractivity contribution in [1.29, 1.82) is 0 Å². The van der Waals surface area contributed by atoms with E-state index in [9.17, 15) is 4.79 Å². The van der Waals surface area contributed by atoms with Gasteiger partial charge in [-0.15, -0.1) is 10.2 Å². The Morgan fingerprint density at radius 2 is 1.96 bits per heavy atom. The third kappa shape index (κ3) is 6.31. The molecule has 0 bridgehead atoms. The molecule has 27 heavy (non-hydrogen) atoms. The van der Waals surface area contributed by atoms with Gasteiger partial charge in [-0.05, 0) is 55.4 Å². The lowest BCUT2D eigenvalue weighted by atomic mass is 9.98. The number of anilines is 1. The summed E-state index contributed by atoms with van der Waals surface area (Å²) in [5, 5.41) is 12.7. The van der Waals surface area contributed by atoms with E-state index in [0.717, 1.165) is 23.6 Å². The monoisotopic (exact) mass is 389 g/mol. The standard InChI is InChI=1S/C21H31N3O2S/c1-6-16(7-2)20-23-24-21(27-20)22-19(25)9-8-12-26-17-10-11-18(14(3)4)15(5)13-17/h10-11,13-14,16H,6-9,12H2,1-5H3,(H,22,24,25). The Bertz CT molecular complexity index is 739. The van der Waals surface area contributed by atoms with Crippen LogP contribution in [0.1, 0.15) is 81.3 Å². The van der Waals surface area contributed by atoms with Gasteiger partial charge in [-0.3, -0.25) is 4.79 Å². The first kappa shape index (κ1) is 21.4. The maximum absolute atomic E-state index is 12.1. The number of benzene rings is 1. The van der Waals surface area contributed by atoms with E-state index in [2.05, 4.69) is 62.3 Å². The molecule has 0 saturated heterocycles. The molecule has 0 atom stereocenters. The third-order valence-corrected chi connectivity index (χ3v) is 5.70. The Hall–Kier alpha value is -1.95. The van der Waals surface area contributed by atoms with Gasteiger partial charge in [0.1, 0.15) is 10.8 Å². The average Bonchev–Trinajstić information content (AvgIpc) is 3.07. The highest BCUT2D eigenvalue weighted by Gasteiger charge is 2.14. The SMILES string of the molecule is CCC(CC)c1nnc(NC(=O)CCCOc2ccc(C(C)C)c(C)c2)s1. The van der Waals surface area contributed by atoms with Crippen LogP contribution >= 0.6 is 11.3 Å². The van der Waals surface area contributed by atoms with Gasteiger partial charge in [0.15, 0.2) is 0 Å². The van der Waals surface area contributed by atoms with Crippen LogP contribution in [-0.2, 0) is 4.79 Å². The number of nitrogens with one attached hydrogen (secondary N) is 1. The van der Waals surface area contributed by atoms with Crippen molar-refractivity contribution < 1.29 is 9.53 Å². The van der Waals surface area contributed by atoms with Gasteiger partial charge in [0, 0.05) is 12.3 Å². The summed E-state index contributed by atoms with van der Waals surface area (Å²) in [5.74, 6) is 1.74. The minimum atomic E-state index is -0.0443. The first-order chi connectivity index (χ1) is 12.9. The molecule has 6 heteroatoms. The molecular formula is C21H31N3O2S. The number of rotatable bonds is 10. The molecule has 0 aliphatic heterocycles. The molecule has 2 rings (SSSR count). The fourth-order valence-corrected chi connectivity index (χ4v) is 4.10. The van der Waals surface area contributed by atoms with Crippen molar-refractivity contribution in [3.63, 3.8) is 0 Å². The summed E-state index contributed by atoms with van der Waals surface area (Å²) in [6.07, 6.45) is 3.14. The summed E-state index contributed by atoms with van der Waals surface area (Å²) in [4.78, 5) is 12.1. The minimum absolute atomic E-state index is 0.0443. The van der Waals surface area contributed by atoms with E-state index in [1.807, 2.05) is 6.07 Å². The Balaban J connectivity index is 1.74. The minimum Gasteiger partial charge on any atom is -0.494 e. The quantitative estimate of drug-likeness (QED) is 0.532. The molecule has 0 aliphatic rings. The molecule has 1 heterocycles. The van der Waals surface area contributed by atoms with Crippen LogP contribution in [0.4, 0.5) is 5.13 Å². The molecule has 0 saturated carbocycles. The van der Waals surface area contributed by atoms with Crippen molar-refractivity contribution in [2.24, 2.45) is 0 Å². The highest BCUT2D eigenvalue weighted by Crippen LogP contribution is 2.28. The van der Waals surface area contributed by atoms with Crippen LogP contribution in [0.25, 0.3) is 0 Å². The normalized spacial score (nSPS) is 11.2. The fourth-order valence-electron chi connectivity index (χ4n) is 3.08. The molecule has 0 radical (unpaired) electrons. The third-order valence-electron chi connectivity index (χ3n) is 4.70. The lowest BCUT2D eigenvalue weighted by Crippen LogP contribution is -2.12. The smallest absolute Gasteiger partial charge is 0.226 e. The van der Waals surface area contributed by atoms with E-state index in [1.165, 1.54) is 22.5 Å². The highest BCUT2D eigenvalue weighted by atomic mass is 32.1. The first-order valence-corrected chi connectivity index (χ1v) is 10.6. The van der Waals surface area contributed by atoms with E-state index in [-0.39, 0.29) is 5.91 Å². The average molecular weight is 390 g/mol. The number of hydrogen-bond acceptors (Lipinski definition) is 5. The van der Waals surface area contributed by atoms with Gasteiger partial charge in [-0.1, -0.05) is 45.1 Å². The molecule has 0 aliphatic carbocycles. The van der Waals surface area contributed by atoms with Crippen molar-refractivity contribution in [1.82, 2.24) is 10.2 Å². The highest BCUT2D eigenvalue weighted by molar-refractivity contribution is 7.15. The molecule has 0 unspecified atom stereocenters. The second kappa shape index (κ2) is 10.4. The summed E-state index contributed by atoms with van der Waals surface area (Å²) in [6.45, 7) is 11.3. The second-order valence-corrected chi connectivity index (χ2v) is 8.14. The van der Waals surface area contributed by atoms with Crippen LogP contribution < -0.4 is 10.1 Å². The maximum atomic E-state index is 12.1. The number of aromatic nitrogens is 2. The lowest BCUT2D eigenvalue weighted by molar-refractivity contribution is -0.116. The van der Waals surface area contributed by atoms with Gasteiger partial charge in [0.2, 0.25) is 11.0 Å². The molecular weight excluding hydrogens is 358 g/mol. The van der Waals surface area contributed by atoms with Crippen molar-refractivity contribution >= 4 is 22.4 Å². The molecule has 1 aromatic heterocycles. The van der Waals surface area contributed by atoms with Crippen LogP contribution in [-0.4, -0.2) is 22.7 Å². The van der Waals surface area contributed by atoms with Crippen LogP contribution in [0.15, 0.2) is 18.2 Å². The number of carbonyl (C=O) groups is 1. The zero-order valence-electron chi connectivity index (χ0n) is 17.0. The number of ether oxygens (including phenoxy) is 1. The first-order valence-electron chi connectivity index (χ1n) is 9.81. The molecule has 148 valence electrons. The molecule has 5 nitrogen and oxygen atoms in total. The second-order valence-electron chi connectivity index (χ2n) is 7.13. The number of amides is 1. The molecule has 1 amide bonds. The van der Waals surface area contributed by atoms with E-state index in [0.29, 0.717) is 36.4 Å². The van der Waals surface area contributed by atoms with Crippen molar-refractivity contribution in [2.75, 3.05) is 11.9 Å². The van der Waals surface area contributed by atoms with Crippen LogP contribution in [0.5, 0.6) is 5.75 Å². The van der Waals surface area contributed by atoms with Gasteiger partial charge in [0.05, 0.1) is 6.61 Å². The van der Waals surface area contributed by atoms with Crippen molar-refractivity contribution in [3.05, 3.63) is 34.3 Å². The Morgan fingerprint density at radius 1 is 1.22 bits per heavy atom. The summed E-state index contributed by atoms with van der Waals surface area (Å²) in [7, 11) is 0. The van der Waals surface area contributed by atoms with Crippen LogP contribution in [0.2, 0.25) is 0 Å². The summed E-state index contributed by atoms with van der Waals surface area (Å²) >= 11 is 1.47. The molecule has 1 N–H and O–H groups in total. The number of nitrogens with zero attached hydrogens (tertiary/aromatic N) is 2. The van der Waals surface area contributed by atoms with Crippen LogP contribution in [0, 0.1) is 6.92 Å². The van der Waals surface area contributed by atoms with E-state index in [1.54, 1.807) is 0 Å². The molecule has 1 aromatic carbocycles. The van der Waals surface area contributed by atoms with Crippen molar-refractivity contribution in [3.8, 4) is 5.75 Å². The molecule has 0 fully saturated rings. The van der Waals surface area contributed by atoms with Gasteiger partial charge in [-0.25, -0.2) is 0 Å². The van der Waals surface area contributed by atoms with E-state index in [4.69, 9.17) is 4.74 Å². The Morgan fingerprint density at radius 3 is 2.59 bits per heavy atom. The molecule has 0 spiro atoms. The Labute approximate surface area is 166 Å². The summed E-state index contributed by atoms with van der Waals surface area (Å²) in [5.41, 5.74) is 2.58. The lowest BCUT2D eigenvalue weighted by Gasteiger charge is -2.12. The zero-order chi connectivity index (χ0) is 19.8. The van der Waals surface area contributed by atoms with Gasteiger partial charge >= 0.3 is 0 Å². The van der Waals surface area contributed by atoms with Gasteiger partial charge < -0.3 is 10.1 Å². The zero-order valence-corrected chi connectivity index (χ0v) is 17.9. The summed E-state index contributed by atoms with van der Waals surface area (Å²) < 4.78 is 5.78. The van der Waals surface area contributed by atoms with Gasteiger partial charge in [0.25, 0.3) is 0 Å². The van der Waals surface area contributed by atoms with E-state index >= 15 is 0 Å². The number of hydrogen-bond donors (Lipinski definition) is 1. The topological polar surface area (TPSA) is 64.1 Å². The number of carbonyl (C=O) groups excluding carboxylic acids is 1. The summed E-state index contributed by atoms with van der Waals surface area (Å²) in [6, 6.07) is 6.19. The van der Waals surface area contributed by atoms with Crippen molar-refractivity contribution in [2.45, 2.75) is 72.1 Å². The predicted octanol–water partition coefficient (Wildman–Crippen LogP) is 5.67. The molecule has 2 aromatic rings. The maximum Gasteiger partial charge on any atom is 0.226 e. The van der Waals surface area contributed by atoms with Crippen LogP contribution in [0.3, 0.4) is 0 Å². The predicted molar refractivity (Wildman–Crippen MR) is 112 cm³/mol. The Kier molecular flexibility index (Phi) is 8.23. The fraction of sp³-hybridized carbons (Fsp3) is 0.571. The number of aryl methyl sites for hydroxylation is 1.